The van der Waals surface area contributed by atoms with Crippen LogP contribution < -0.4 is 11.1 Å². The van der Waals surface area contributed by atoms with E-state index in [0.717, 1.165) is 30.2 Å². The molecule has 0 bridgehead atoms. The number of nitrogens with two attached hydrogens (primary N) is 1. The molecule has 0 aliphatic carbocycles. The Morgan fingerprint density at radius 2 is 2.00 bits per heavy atom. The van der Waals surface area contributed by atoms with E-state index >= 15 is 0 Å². The first-order valence-corrected chi connectivity index (χ1v) is 7.19. The van der Waals surface area contributed by atoms with Crippen molar-refractivity contribution in [2.45, 2.75) is 72.4 Å². The molecule has 1 aromatic heterocycles. The van der Waals surface area contributed by atoms with E-state index in [1.807, 2.05) is 11.6 Å². The minimum absolute atomic E-state index is 0.450. The van der Waals surface area contributed by atoms with Crippen LogP contribution in [-0.2, 0) is 6.54 Å². The number of nitrogen functional groups attached to an aromatic ring is 1. The zero-order valence-corrected chi connectivity index (χ0v) is 12.3. The highest BCUT2D eigenvalue weighted by Gasteiger charge is 2.13. The number of anilines is 2. The van der Waals surface area contributed by atoms with Crippen LogP contribution in [0.25, 0.3) is 0 Å². The van der Waals surface area contributed by atoms with Gasteiger partial charge in [0.25, 0.3) is 0 Å². The lowest BCUT2D eigenvalue weighted by Gasteiger charge is -2.16. The summed E-state index contributed by atoms with van der Waals surface area (Å²) < 4.78 is 2.00. The van der Waals surface area contributed by atoms with E-state index in [9.17, 15) is 0 Å². The predicted molar refractivity (Wildman–Crippen MR) is 78.9 cm³/mol. The molecule has 1 aromatic rings. The van der Waals surface area contributed by atoms with E-state index in [0.29, 0.717) is 6.04 Å². The monoisotopic (exact) mass is 252 g/mol. The van der Waals surface area contributed by atoms with E-state index in [1.54, 1.807) is 0 Å². The molecule has 0 saturated carbocycles. The van der Waals surface area contributed by atoms with E-state index in [1.165, 1.54) is 25.7 Å². The SMILES string of the molecule is CCCCCC(C)Nc1c(N)c(C)nn1CCC. The first-order chi connectivity index (χ1) is 8.60. The molecule has 3 N–H and O–H groups in total. The topological polar surface area (TPSA) is 55.9 Å². The summed E-state index contributed by atoms with van der Waals surface area (Å²) in [6.45, 7) is 9.49. The van der Waals surface area contributed by atoms with Crippen LogP contribution in [0.3, 0.4) is 0 Å². The molecular weight excluding hydrogens is 224 g/mol. The number of aryl methyl sites for hydroxylation is 2. The summed E-state index contributed by atoms with van der Waals surface area (Å²) in [5.74, 6) is 0.998. The Morgan fingerprint density at radius 3 is 2.61 bits per heavy atom. The maximum Gasteiger partial charge on any atom is 0.148 e. The molecule has 0 aliphatic rings. The molecule has 0 radical (unpaired) electrons. The number of nitrogens with zero attached hydrogens (tertiary/aromatic N) is 2. The molecule has 1 heterocycles. The minimum Gasteiger partial charge on any atom is -0.394 e. The van der Waals surface area contributed by atoms with Gasteiger partial charge in [0.2, 0.25) is 0 Å². The van der Waals surface area contributed by atoms with Crippen LogP contribution in [0.2, 0.25) is 0 Å². The number of unbranched alkanes of at least 4 members (excludes halogenated alkanes) is 2. The standard InChI is InChI=1S/C14H28N4/c1-5-7-8-9-11(3)16-14-13(15)12(4)17-18(14)10-6-2/h11,16H,5-10,15H2,1-4H3. The molecule has 1 unspecified atom stereocenters. The molecule has 18 heavy (non-hydrogen) atoms. The average molecular weight is 252 g/mol. The van der Waals surface area contributed by atoms with Gasteiger partial charge in [0.15, 0.2) is 0 Å². The van der Waals surface area contributed by atoms with Crippen molar-refractivity contribution in [1.82, 2.24) is 9.78 Å². The molecule has 0 aliphatic heterocycles. The zero-order chi connectivity index (χ0) is 13.5. The highest BCUT2D eigenvalue weighted by atomic mass is 15.3. The molecule has 104 valence electrons. The normalized spacial score (nSPS) is 12.7. The molecular formula is C14H28N4. The van der Waals surface area contributed by atoms with Gasteiger partial charge in [-0.25, -0.2) is 4.68 Å². The molecule has 0 amide bonds. The van der Waals surface area contributed by atoms with Crippen molar-refractivity contribution in [2.24, 2.45) is 0 Å². The fourth-order valence-electron chi connectivity index (χ4n) is 2.13. The van der Waals surface area contributed by atoms with Crippen LogP contribution >= 0.6 is 0 Å². The van der Waals surface area contributed by atoms with Crippen molar-refractivity contribution in [3.8, 4) is 0 Å². The molecule has 0 spiro atoms. The summed E-state index contributed by atoms with van der Waals surface area (Å²) in [5.41, 5.74) is 7.81. The fraction of sp³-hybridized carbons (Fsp3) is 0.786. The Kier molecular flexibility index (Phi) is 6.02. The number of aromatic nitrogens is 2. The minimum atomic E-state index is 0.450. The third-order valence-electron chi connectivity index (χ3n) is 3.23. The summed E-state index contributed by atoms with van der Waals surface area (Å²) in [4.78, 5) is 0. The second-order valence-corrected chi connectivity index (χ2v) is 5.11. The second-order valence-electron chi connectivity index (χ2n) is 5.11. The average Bonchev–Trinajstić information content (AvgIpc) is 2.58. The molecule has 1 atom stereocenters. The first kappa shape index (κ1) is 14.9. The van der Waals surface area contributed by atoms with Gasteiger partial charge in [0.1, 0.15) is 5.82 Å². The van der Waals surface area contributed by atoms with Gasteiger partial charge in [-0.05, 0) is 26.7 Å². The molecule has 4 nitrogen and oxygen atoms in total. The van der Waals surface area contributed by atoms with E-state index < -0.39 is 0 Å². The number of hydrogen-bond acceptors (Lipinski definition) is 3. The van der Waals surface area contributed by atoms with Gasteiger partial charge in [-0.2, -0.15) is 5.10 Å². The Labute approximate surface area is 111 Å². The van der Waals surface area contributed by atoms with Gasteiger partial charge < -0.3 is 11.1 Å². The van der Waals surface area contributed by atoms with Crippen LogP contribution in [0.1, 0.15) is 58.6 Å². The maximum absolute atomic E-state index is 6.09. The predicted octanol–water partition coefficient (Wildman–Crippen LogP) is 3.56. The van der Waals surface area contributed by atoms with Crippen molar-refractivity contribution in [2.75, 3.05) is 11.1 Å². The van der Waals surface area contributed by atoms with Crippen molar-refractivity contribution >= 4 is 11.5 Å². The van der Waals surface area contributed by atoms with Gasteiger partial charge in [-0.15, -0.1) is 0 Å². The second kappa shape index (κ2) is 7.29. The van der Waals surface area contributed by atoms with Crippen LogP contribution in [0, 0.1) is 6.92 Å². The summed E-state index contributed by atoms with van der Waals surface area (Å²) in [6.07, 6.45) is 6.09. The lowest BCUT2D eigenvalue weighted by Crippen LogP contribution is -2.19. The lowest BCUT2D eigenvalue weighted by molar-refractivity contribution is 0.580. The number of nitrogens with one attached hydrogen (secondary N) is 1. The molecule has 4 heteroatoms. The summed E-state index contributed by atoms with van der Waals surface area (Å²) in [6, 6.07) is 0.450. The van der Waals surface area contributed by atoms with Crippen LogP contribution in [0.4, 0.5) is 11.5 Å². The Morgan fingerprint density at radius 1 is 1.28 bits per heavy atom. The summed E-state index contributed by atoms with van der Waals surface area (Å²) >= 11 is 0. The highest BCUT2D eigenvalue weighted by molar-refractivity contribution is 5.65. The van der Waals surface area contributed by atoms with Gasteiger partial charge in [-0.3, -0.25) is 0 Å². The third-order valence-corrected chi connectivity index (χ3v) is 3.23. The van der Waals surface area contributed by atoms with Crippen molar-refractivity contribution < 1.29 is 0 Å². The summed E-state index contributed by atoms with van der Waals surface area (Å²) in [7, 11) is 0. The van der Waals surface area contributed by atoms with Crippen molar-refractivity contribution in [3.63, 3.8) is 0 Å². The Balaban J connectivity index is 2.64. The van der Waals surface area contributed by atoms with E-state index in [2.05, 4.69) is 31.2 Å². The maximum atomic E-state index is 6.09. The van der Waals surface area contributed by atoms with Gasteiger partial charge in [0, 0.05) is 12.6 Å². The third kappa shape index (κ3) is 3.93. The summed E-state index contributed by atoms with van der Waals surface area (Å²) in [5, 5.41) is 8.00. The van der Waals surface area contributed by atoms with Gasteiger partial charge >= 0.3 is 0 Å². The number of rotatable bonds is 8. The van der Waals surface area contributed by atoms with Crippen LogP contribution in [0.5, 0.6) is 0 Å². The van der Waals surface area contributed by atoms with Gasteiger partial charge in [-0.1, -0.05) is 33.1 Å². The molecule has 1 rings (SSSR count). The Bertz CT molecular complexity index is 357. The van der Waals surface area contributed by atoms with Gasteiger partial charge in [0.05, 0.1) is 11.4 Å². The van der Waals surface area contributed by atoms with Crippen molar-refractivity contribution in [3.05, 3.63) is 5.69 Å². The first-order valence-electron chi connectivity index (χ1n) is 7.19. The van der Waals surface area contributed by atoms with Crippen molar-refractivity contribution in [1.29, 1.82) is 0 Å². The smallest absolute Gasteiger partial charge is 0.148 e. The zero-order valence-electron chi connectivity index (χ0n) is 12.3. The Hall–Kier alpha value is -1.19. The highest BCUT2D eigenvalue weighted by Crippen LogP contribution is 2.24. The molecule has 0 fully saturated rings. The molecule has 0 aromatic carbocycles. The number of hydrogen-bond donors (Lipinski definition) is 2. The molecule has 0 saturated heterocycles. The lowest BCUT2D eigenvalue weighted by atomic mass is 10.1. The fourth-order valence-corrected chi connectivity index (χ4v) is 2.13. The van der Waals surface area contributed by atoms with Crippen LogP contribution in [-0.4, -0.2) is 15.8 Å². The van der Waals surface area contributed by atoms with E-state index in [-0.39, 0.29) is 0 Å². The largest absolute Gasteiger partial charge is 0.394 e. The van der Waals surface area contributed by atoms with Crippen LogP contribution in [0.15, 0.2) is 0 Å². The quantitative estimate of drug-likeness (QED) is 0.695. The van der Waals surface area contributed by atoms with E-state index in [4.69, 9.17) is 5.73 Å².